The fourth-order valence-corrected chi connectivity index (χ4v) is 1.96. The maximum absolute atomic E-state index is 13.5. The quantitative estimate of drug-likeness (QED) is 0.750. The lowest BCUT2D eigenvalue weighted by Crippen LogP contribution is -2.35. The molecule has 0 saturated heterocycles. The number of anilines is 2. The number of amides is 3. The number of rotatable bonds is 4. The Labute approximate surface area is 138 Å². The Morgan fingerprint density at radius 3 is 2.25 bits per heavy atom. The second kappa shape index (κ2) is 7.87. The van der Waals surface area contributed by atoms with Crippen molar-refractivity contribution in [2.75, 3.05) is 10.6 Å². The first-order valence-electron chi connectivity index (χ1n) is 7.16. The van der Waals surface area contributed by atoms with Gasteiger partial charge in [0.15, 0.2) is 0 Å². The predicted octanol–water partition coefficient (Wildman–Crippen LogP) is 2.04. The van der Waals surface area contributed by atoms with Gasteiger partial charge in [-0.15, -0.1) is 0 Å². The first-order chi connectivity index (χ1) is 11.5. The lowest BCUT2D eigenvalue weighted by atomic mass is 10.2. The Morgan fingerprint density at radius 2 is 1.58 bits per heavy atom. The zero-order valence-electron chi connectivity index (χ0n) is 12.9. The van der Waals surface area contributed by atoms with Gasteiger partial charge in [-0.05, 0) is 24.3 Å². The van der Waals surface area contributed by atoms with Gasteiger partial charge in [0.05, 0.1) is 0 Å². The van der Waals surface area contributed by atoms with E-state index in [1.165, 1.54) is 31.2 Å². The van der Waals surface area contributed by atoms with Crippen LogP contribution in [0.25, 0.3) is 0 Å². The molecule has 0 aromatic heterocycles. The molecule has 0 saturated carbocycles. The first kappa shape index (κ1) is 17.1. The van der Waals surface area contributed by atoms with Gasteiger partial charge in [0.25, 0.3) is 0 Å². The number of hydrogen-bond acceptors (Lipinski definition) is 3. The van der Waals surface area contributed by atoms with Crippen LogP contribution in [0.2, 0.25) is 0 Å². The third kappa shape index (κ3) is 4.91. The topological polar surface area (TPSA) is 87.3 Å². The van der Waals surface area contributed by atoms with Crippen LogP contribution in [0, 0.1) is 5.82 Å². The number of carbonyl (C=O) groups is 3. The number of carbonyl (C=O) groups excluding carboxylic acids is 3. The Balaban J connectivity index is 1.93. The van der Waals surface area contributed by atoms with Crippen molar-refractivity contribution in [1.29, 1.82) is 0 Å². The molecule has 0 aliphatic carbocycles. The molecule has 2 rings (SSSR count). The van der Waals surface area contributed by atoms with Gasteiger partial charge in [-0.1, -0.05) is 24.3 Å². The van der Waals surface area contributed by atoms with Gasteiger partial charge in [0, 0.05) is 30.4 Å². The van der Waals surface area contributed by atoms with Gasteiger partial charge in [0.2, 0.25) is 5.91 Å². The Bertz CT molecular complexity index is 777. The van der Waals surface area contributed by atoms with Crippen LogP contribution in [0.3, 0.4) is 0 Å². The lowest BCUT2D eigenvalue weighted by molar-refractivity contribution is -0.136. The SMILES string of the molecule is CC(=O)Nc1cccc(NC(=O)C(=O)NCc2ccccc2F)c1. The maximum atomic E-state index is 13.5. The van der Waals surface area contributed by atoms with Crippen molar-refractivity contribution in [3.63, 3.8) is 0 Å². The van der Waals surface area contributed by atoms with E-state index in [-0.39, 0.29) is 18.0 Å². The zero-order valence-corrected chi connectivity index (χ0v) is 12.9. The van der Waals surface area contributed by atoms with Crippen molar-refractivity contribution in [3.05, 3.63) is 59.9 Å². The van der Waals surface area contributed by atoms with Crippen LogP contribution < -0.4 is 16.0 Å². The fraction of sp³-hybridized carbons (Fsp3) is 0.118. The van der Waals surface area contributed by atoms with E-state index in [0.717, 1.165) is 0 Å². The summed E-state index contributed by atoms with van der Waals surface area (Å²) in [4.78, 5) is 34.6. The molecule has 0 bridgehead atoms. The third-order valence-electron chi connectivity index (χ3n) is 3.04. The molecule has 24 heavy (non-hydrogen) atoms. The van der Waals surface area contributed by atoms with Crippen LogP contribution >= 0.6 is 0 Å². The van der Waals surface area contributed by atoms with E-state index in [9.17, 15) is 18.8 Å². The molecular weight excluding hydrogens is 313 g/mol. The second-order valence-electron chi connectivity index (χ2n) is 4.99. The Hall–Kier alpha value is -3.22. The maximum Gasteiger partial charge on any atom is 0.313 e. The molecule has 0 unspecified atom stereocenters. The highest BCUT2D eigenvalue weighted by atomic mass is 19.1. The first-order valence-corrected chi connectivity index (χ1v) is 7.16. The van der Waals surface area contributed by atoms with Crippen LogP contribution in [0.4, 0.5) is 15.8 Å². The van der Waals surface area contributed by atoms with Crippen molar-refractivity contribution in [3.8, 4) is 0 Å². The molecular formula is C17H16FN3O3. The molecule has 0 aliphatic heterocycles. The summed E-state index contributed by atoms with van der Waals surface area (Å²) in [6.07, 6.45) is 0. The van der Waals surface area contributed by atoms with E-state index in [0.29, 0.717) is 11.4 Å². The van der Waals surface area contributed by atoms with Crippen molar-refractivity contribution >= 4 is 29.1 Å². The van der Waals surface area contributed by atoms with Crippen molar-refractivity contribution in [2.24, 2.45) is 0 Å². The minimum atomic E-state index is -0.886. The summed E-state index contributed by atoms with van der Waals surface area (Å²) >= 11 is 0. The molecule has 0 fully saturated rings. The third-order valence-corrected chi connectivity index (χ3v) is 3.04. The fourth-order valence-electron chi connectivity index (χ4n) is 1.96. The van der Waals surface area contributed by atoms with Crippen LogP contribution in [-0.4, -0.2) is 17.7 Å². The highest BCUT2D eigenvalue weighted by Crippen LogP contribution is 2.15. The van der Waals surface area contributed by atoms with E-state index in [2.05, 4.69) is 16.0 Å². The smallest absolute Gasteiger partial charge is 0.313 e. The molecule has 0 heterocycles. The number of nitrogens with one attached hydrogen (secondary N) is 3. The van der Waals surface area contributed by atoms with Crippen molar-refractivity contribution in [1.82, 2.24) is 5.32 Å². The predicted molar refractivity (Wildman–Crippen MR) is 87.6 cm³/mol. The van der Waals surface area contributed by atoms with Crippen LogP contribution in [0.15, 0.2) is 48.5 Å². The summed E-state index contributed by atoms with van der Waals surface area (Å²) in [5.74, 6) is -2.48. The minimum Gasteiger partial charge on any atom is -0.344 e. The molecule has 3 amide bonds. The lowest BCUT2D eigenvalue weighted by Gasteiger charge is -2.09. The minimum absolute atomic E-state index is 0.0924. The van der Waals surface area contributed by atoms with Crippen molar-refractivity contribution in [2.45, 2.75) is 13.5 Å². The molecule has 0 spiro atoms. The summed E-state index contributed by atoms with van der Waals surface area (Å²) in [6.45, 7) is 1.27. The van der Waals surface area contributed by atoms with E-state index in [4.69, 9.17) is 0 Å². The van der Waals surface area contributed by atoms with Crippen LogP contribution in [0.5, 0.6) is 0 Å². The van der Waals surface area contributed by atoms with Gasteiger partial charge >= 0.3 is 11.8 Å². The molecule has 3 N–H and O–H groups in total. The second-order valence-corrected chi connectivity index (χ2v) is 4.99. The highest BCUT2D eigenvalue weighted by Gasteiger charge is 2.14. The molecule has 6 nitrogen and oxygen atoms in total. The standard InChI is InChI=1S/C17H16FN3O3/c1-11(22)20-13-6-4-7-14(9-13)21-17(24)16(23)19-10-12-5-2-3-8-15(12)18/h2-9H,10H2,1H3,(H,19,23)(H,20,22)(H,21,24). The van der Waals surface area contributed by atoms with E-state index in [1.54, 1.807) is 24.3 Å². The van der Waals surface area contributed by atoms with Gasteiger partial charge in [0.1, 0.15) is 5.82 Å². The molecule has 0 aliphatic rings. The van der Waals surface area contributed by atoms with Crippen LogP contribution in [0.1, 0.15) is 12.5 Å². The molecule has 0 atom stereocenters. The largest absolute Gasteiger partial charge is 0.344 e. The highest BCUT2D eigenvalue weighted by molar-refractivity contribution is 6.39. The molecule has 0 radical (unpaired) electrons. The zero-order chi connectivity index (χ0) is 17.5. The summed E-state index contributed by atoms with van der Waals surface area (Å²) in [5.41, 5.74) is 1.13. The van der Waals surface area contributed by atoms with Gasteiger partial charge < -0.3 is 16.0 Å². The molecule has 124 valence electrons. The molecule has 2 aromatic rings. The average Bonchev–Trinajstić information content (AvgIpc) is 2.53. The summed E-state index contributed by atoms with van der Waals surface area (Å²) in [5, 5.41) is 7.32. The van der Waals surface area contributed by atoms with Gasteiger partial charge in [-0.2, -0.15) is 0 Å². The summed E-state index contributed by atoms with van der Waals surface area (Å²) in [6, 6.07) is 12.3. The molecule has 7 heteroatoms. The Kier molecular flexibility index (Phi) is 5.62. The van der Waals surface area contributed by atoms with Gasteiger partial charge in [-0.25, -0.2) is 4.39 Å². The molecule has 2 aromatic carbocycles. The van der Waals surface area contributed by atoms with Crippen LogP contribution in [-0.2, 0) is 20.9 Å². The average molecular weight is 329 g/mol. The number of halogens is 1. The van der Waals surface area contributed by atoms with E-state index < -0.39 is 17.6 Å². The number of hydrogen-bond donors (Lipinski definition) is 3. The number of benzene rings is 2. The van der Waals surface area contributed by atoms with E-state index in [1.807, 2.05) is 0 Å². The van der Waals surface area contributed by atoms with Gasteiger partial charge in [-0.3, -0.25) is 14.4 Å². The Morgan fingerprint density at radius 1 is 0.917 bits per heavy atom. The van der Waals surface area contributed by atoms with E-state index >= 15 is 0 Å². The summed E-state index contributed by atoms with van der Waals surface area (Å²) in [7, 11) is 0. The summed E-state index contributed by atoms with van der Waals surface area (Å²) < 4.78 is 13.5. The van der Waals surface area contributed by atoms with Crippen molar-refractivity contribution < 1.29 is 18.8 Å². The monoisotopic (exact) mass is 329 g/mol. The normalized spacial score (nSPS) is 9.92.